The fraction of sp³-hybridized carbons (Fsp3) is 0.400. The van der Waals surface area contributed by atoms with E-state index in [-0.39, 0.29) is 12.3 Å². The zero-order chi connectivity index (χ0) is 20.2. The third-order valence-corrected chi connectivity index (χ3v) is 5.46. The summed E-state index contributed by atoms with van der Waals surface area (Å²) >= 11 is 0. The van der Waals surface area contributed by atoms with Crippen molar-refractivity contribution in [2.75, 3.05) is 11.4 Å². The summed E-state index contributed by atoms with van der Waals surface area (Å²) in [5.74, 6) is 0.413. The van der Waals surface area contributed by atoms with Crippen molar-refractivity contribution in [3.63, 3.8) is 0 Å². The lowest BCUT2D eigenvalue weighted by atomic mass is 10.1. The van der Waals surface area contributed by atoms with Crippen LogP contribution in [0.15, 0.2) is 27.8 Å². The van der Waals surface area contributed by atoms with Crippen LogP contribution in [0, 0.1) is 13.8 Å². The molecule has 0 fully saturated rings. The van der Waals surface area contributed by atoms with Gasteiger partial charge in [-0.05, 0) is 44.4 Å². The zero-order valence-electron chi connectivity index (χ0n) is 16.5. The fourth-order valence-corrected chi connectivity index (χ4v) is 3.88. The van der Waals surface area contributed by atoms with Gasteiger partial charge in [-0.1, -0.05) is 12.1 Å². The SMILES string of the molecule is CC(=O)Cn1c(=O)c2c(nc3n2CCCN3c2cccc(C)c2C)n(C)c1=O. The third kappa shape index (κ3) is 2.59. The lowest BCUT2D eigenvalue weighted by molar-refractivity contribution is -0.117. The minimum absolute atomic E-state index is 0.233. The van der Waals surface area contributed by atoms with Crippen LogP contribution in [-0.4, -0.2) is 31.0 Å². The van der Waals surface area contributed by atoms with E-state index >= 15 is 0 Å². The number of ketones is 1. The first-order chi connectivity index (χ1) is 13.3. The van der Waals surface area contributed by atoms with Crippen molar-refractivity contribution >= 4 is 28.6 Å². The first-order valence-corrected chi connectivity index (χ1v) is 9.34. The molecule has 8 heteroatoms. The van der Waals surface area contributed by atoms with Crippen LogP contribution in [0.5, 0.6) is 0 Å². The van der Waals surface area contributed by atoms with Crippen LogP contribution in [0.2, 0.25) is 0 Å². The second kappa shape index (κ2) is 6.47. The van der Waals surface area contributed by atoms with Crippen molar-refractivity contribution in [1.29, 1.82) is 0 Å². The predicted molar refractivity (Wildman–Crippen MR) is 107 cm³/mol. The van der Waals surface area contributed by atoms with Crippen molar-refractivity contribution < 1.29 is 4.79 Å². The highest BCUT2D eigenvalue weighted by Gasteiger charge is 2.27. The average Bonchev–Trinajstić information content (AvgIpc) is 3.05. The molecule has 0 atom stereocenters. The van der Waals surface area contributed by atoms with Gasteiger partial charge < -0.3 is 9.47 Å². The lowest BCUT2D eigenvalue weighted by Gasteiger charge is -2.30. The monoisotopic (exact) mass is 381 g/mol. The van der Waals surface area contributed by atoms with Crippen molar-refractivity contribution in [2.45, 2.75) is 40.3 Å². The Labute approximate surface area is 161 Å². The fourth-order valence-electron chi connectivity index (χ4n) is 3.88. The molecule has 0 bridgehead atoms. The maximum atomic E-state index is 13.1. The Hall–Kier alpha value is -3.16. The van der Waals surface area contributed by atoms with Gasteiger partial charge in [0.25, 0.3) is 5.56 Å². The number of benzene rings is 1. The number of fused-ring (bicyclic) bond motifs is 3. The topological polar surface area (TPSA) is 82.1 Å². The van der Waals surface area contributed by atoms with Crippen molar-refractivity contribution in [2.24, 2.45) is 7.05 Å². The van der Waals surface area contributed by atoms with Gasteiger partial charge in [-0.25, -0.2) is 4.79 Å². The summed E-state index contributed by atoms with van der Waals surface area (Å²) in [5.41, 5.74) is 3.12. The van der Waals surface area contributed by atoms with Gasteiger partial charge in [-0.3, -0.25) is 18.7 Å². The summed E-state index contributed by atoms with van der Waals surface area (Å²) in [4.78, 5) is 44.0. The summed E-state index contributed by atoms with van der Waals surface area (Å²) in [6.45, 7) is 6.69. The number of hydrogen-bond donors (Lipinski definition) is 0. The molecule has 0 amide bonds. The largest absolute Gasteiger partial charge is 0.332 e. The summed E-state index contributed by atoms with van der Waals surface area (Å²) in [5, 5.41) is 0. The van der Waals surface area contributed by atoms with Crippen LogP contribution in [0.1, 0.15) is 24.5 Å². The molecular formula is C20H23N5O3. The molecule has 1 aliphatic rings. The maximum Gasteiger partial charge on any atom is 0.332 e. The summed E-state index contributed by atoms with van der Waals surface area (Å²) in [6.07, 6.45) is 0.848. The summed E-state index contributed by atoms with van der Waals surface area (Å²) in [6, 6.07) is 6.12. The molecule has 0 spiro atoms. The van der Waals surface area contributed by atoms with Crippen molar-refractivity contribution in [3.05, 3.63) is 50.2 Å². The van der Waals surface area contributed by atoms with E-state index in [4.69, 9.17) is 0 Å². The van der Waals surface area contributed by atoms with E-state index in [9.17, 15) is 14.4 Å². The van der Waals surface area contributed by atoms with E-state index in [2.05, 4.69) is 29.8 Å². The van der Waals surface area contributed by atoms with Crippen LogP contribution in [0.3, 0.4) is 0 Å². The number of nitrogens with zero attached hydrogens (tertiary/aromatic N) is 5. The van der Waals surface area contributed by atoms with Gasteiger partial charge in [0.1, 0.15) is 5.78 Å². The third-order valence-electron chi connectivity index (χ3n) is 5.46. The van der Waals surface area contributed by atoms with Gasteiger partial charge >= 0.3 is 5.69 Å². The number of anilines is 2. The number of aryl methyl sites for hydroxylation is 3. The normalized spacial score (nSPS) is 13.8. The highest BCUT2D eigenvalue weighted by molar-refractivity contribution is 5.79. The number of imidazole rings is 1. The molecule has 0 N–H and O–H groups in total. The van der Waals surface area contributed by atoms with Crippen LogP contribution in [0.4, 0.5) is 11.6 Å². The molecule has 0 saturated heterocycles. The predicted octanol–water partition coefficient (Wildman–Crippen LogP) is 1.64. The standard InChI is InChI=1S/C20H23N5O3/c1-12-7-5-8-15(14(12)3)23-9-6-10-24-16-17(21-19(23)24)22(4)20(28)25(18(16)27)11-13(2)26/h5,7-8H,6,9-11H2,1-4H3. The first kappa shape index (κ1) is 18.2. The zero-order valence-corrected chi connectivity index (χ0v) is 16.5. The highest BCUT2D eigenvalue weighted by atomic mass is 16.2. The van der Waals surface area contributed by atoms with Gasteiger partial charge in [0.15, 0.2) is 11.2 Å². The Morgan fingerprint density at radius 3 is 2.64 bits per heavy atom. The van der Waals surface area contributed by atoms with E-state index < -0.39 is 11.2 Å². The summed E-state index contributed by atoms with van der Waals surface area (Å²) in [7, 11) is 1.59. The van der Waals surface area contributed by atoms with Crippen molar-refractivity contribution in [1.82, 2.24) is 18.7 Å². The first-order valence-electron chi connectivity index (χ1n) is 9.34. The van der Waals surface area contributed by atoms with Gasteiger partial charge in [0, 0.05) is 25.8 Å². The number of rotatable bonds is 3. The molecule has 28 heavy (non-hydrogen) atoms. The summed E-state index contributed by atoms with van der Waals surface area (Å²) < 4.78 is 4.22. The van der Waals surface area contributed by atoms with E-state index in [0.29, 0.717) is 23.7 Å². The van der Waals surface area contributed by atoms with Gasteiger partial charge in [0.05, 0.1) is 6.54 Å². The molecule has 0 saturated carbocycles. The number of aromatic nitrogens is 4. The minimum atomic E-state index is -0.526. The number of Topliss-reactive ketones (excluding diaryl/α,β-unsaturated/α-hetero) is 1. The second-order valence-electron chi connectivity index (χ2n) is 7.39. The van der Waals surface area contributed by atoms with Crippen molar-refractivity contribution in [3.8, 4) is 0 Å². The Bertz CT molecular complexity index is 1230. The molecule has 1 aliphatic heterocycles. The molecule has 2 aromatic heterocycles. The maximum absolute atomic E-state index is 13.1. The molecule has 4 rings (SSSR count). The average molecular weight is 381 g/mol. The highest BCUT2D eigenvalue weighted by Crippen LogP contribution is 2.33. The molecular weight excluding hydrogens is 358 g/mol. The minimum Gasteiger partial charge on any atom is -0.312 e. The molecule has 0 unspecified atom stereocenters. The molecule has 8 nitrogen and oxygen atoms in total. The second-order valence-corrected chi connectivity index (χ2v) is 7.39. The number of carbonyl (C=O) groups is 1. The smallest absolute Gasteiger partial charge is 0.312 e. The van der Waals surface area contributed by atoms with Crippen LogP contribution in [-0.2, 0) is 24.9 Å². The molecule has 146 valence electrons. The Morgan fingerprint density at radius 2 is 1.93 bits per heavy atom. The van der Waals surface area contributed by atoms with Crippen LogP contribution < -0.4 is 16.1 Å². The molecule has 1 aromatic carbocycles. The molecule has 0 radical (unpaired) electrons. The molecule has 3 aromatic rings. The van der Waals surface area contributed by atoms with Gasteiger partial charge in [-0.2, -0.15) is 4.98 Å². The van der Waals surface area contributed by atoms with Gasteiger partial charge in [-0.15, -0.1) is 0 Å². The van der Waals surface area contributed by atoms with E-state index in [1.54, 1.807) is 7.05 Å². The molecule has 0 aliphatic carbocycles. The van der Waals surface area contributed by atoms with E-state index in [1.807, 2.05) is 16.7 Å². The Balaban J connectivity index is 2.01. The molecule has 3 heterocycles. The Morgan fingerprint density at radius 1 is 1.18 bits per heavy atom. The van der Waals surface area contributed by atoms with E-state index in [1.165, 1.54) is 17.1 Å². The van der Waals surface area contributed by atoms with E-state index in [0.717, 1.165) is 28.8 Å². The quantitative estimate of drug-likeness (QED) is 0.689. The number of carbonyl (C=O) groups excluding carboxylic acids is 1. The van der Waals surface area contributed by atoms with Crippen LogP contribution in [0.25, 0.3) is 11.2 Å². The van der Waals surface area contributed by atoms with Crippen LogP contribution >= 0.6 is 0 Å². The van der Waals surface area contributed by atoms with Gasteiger partial charge in [0.2, 0.25) is 5.95 Å². The number of hydrogen-bond acceptors (Lipinski definition) is 5. The Kier molecular flexibility index (Phi) is 4.21. The lowest BCUT2D eigenvalue weighted by Crippen LogP contribution is -2.41.